The molecule has 0 aliphatic carbocycles. The van der Waals surface area contributed by atoms with Crippen molar-refractivity contribution in [3.05, 3.63) is 16.6 Å². The van der Waals surface area contributed by atoms with Crippen LogP contribution in [0.5, 0.6) is 0 Å². The Hall–Kier alpha value is -0.450. The van der Waals surface area contributed by atoms with Gasteiger partial charge in [0.15, 0.2) is 0 Å². The van der Waals surface area contributed by atoms with E-state index in [-0.39, 0.29) is 6.61 Å². The smallest absolute Gasteiger partial charge is 0.107 e. The predicted octanol–water partition coefficient (Wildman–Crippen LogP) is 0.0252. The minimum atomic E-state index is 0.176. The lowest BCUT2D eigenvalue weighted by Crippen LogP contribution is -2.17. The molecule has 55 valence electrons. The predicted molar refractivity (Wildman–Crippen MR) is 39.7 cm³/mol. The van der Waals surface area contributed by atoms with Crippen molar-refractivity contribution in [2.75, 3.05) is 13.2 Å². The molecular weight excluding hydrogens is 148 g/mol. The lowest BCUT2D eigenvalue weighted by Gasteiger charge is -1.96. The highest BCUT2D eigenvalue weighted by Gasteiger charge is 1.92. The third-order valence-electron chi connectivity index (χ3n) is 1.00. The summed E-state index contributed by atoms with van der Waals surface area (Å²) >= 11 is 1.49. The summed E-state index contributed by atoms with van der Waals surface area (Å²) in [5.74, 6) is 0. The zero-order chi connectivity index (χ0) is 7.23. The molecule has 1 rings (SSSR count). The number of rotatable bonds is 4. The molecule has 0 amide bonds. The van der Waals surface area contributed by atoms with Gasteiger partial charge in [-0.15, -0.1) is 11.3 Å². The van der Waals surface area contributed by atoms with Crippen LogP contribution in [0.15, 0.2) is 6.20 Å². The van der Waals surface area contributed by atoms with Crippen LogP contribution < -0.4 is 5.32 Å². The fourth-order valence-electron chi connectivity index (χ4n) is 0.575. The molecule has 0 atom stereocenters. The van der Waals surface area contributed by atoms with E-state index in [2.05, 4.69) is 15.7 Å². The zero-order valence-electron chi connectivity index (χ0n) is 5.50. The summed E-state index contributed by atoms with van der Waals surface area (Å²) in [7, 11) is 0. The summed E-state index contributed by atoms with van der Waals surface area (Å²) in [6.45, 7) is 1.53. The molecule has 0 bridgehead atoms. The molecule has 0 aliphatic heterocycles. The van der Waals surface area contributed by atoms with Crippen molar-refractivity contribution >= 4 is 11.3 Å². The molecule has 0 saturated heterocycles. The molecule has 1 radical (unpaired) electrons. The van der Waals surface area contributed by atoms with E-state index in [0.717, 1.165) is 11.6 Å². The Morgan fingerprint density at radius 1 is 1.80 bits per heavy atom. The van der Waals surface area contributed by atoms with Crippen LogP contribution >= 0.6 is 11.3 Å². The monoisotopic (exact) mass is 157 g/mol. The topological polar surface area (TPSA) is 45.1 Å². The highest BCUT2D eigenvalue weighted by atomic mass is 32.1. The number of aliphatic hydroxyl groups is 1. The van der Waals surface area contributed by atoms with E-state index in [1.54, 1.807) is 6.20 Å². The van der Waals surface area contributed by atoms with Crippen molar-refractivity contribution < 1.29 is 5.11 Å². The van der Waals surface area contributed by atoms with Gasteiger partial charge in [-0.05, 0) is 0 Å². The average molecular weight is 157 g/mol. The number of hydrogen-bond donors (Lipinski definition) is 2. The van der Waals surface area contributed by atoms with Crippen molar-refractivity contribution in [2.45, 2.75) is 6.54 Å². The van der Waals surface area contributed by atoms with Gasteiger partial charge in [-0.3, -0.25) is 0 Å². The number of nitrogens with one attached hydrogen (secondary N) is 1. The molecule has 0 fully saturated rings. The maximum absolute atomic E-state index is 8.41. The second kappa shape index (κ2) is 4.38. The van der Waals surface area contributed by atoms with Crippen LogP contribution in [0.4, 0.5) is 0 Å². The van der Waals surface area contributed by atoms with Gasteiger partial charge in [-0.2, -0.15) is 0 Å². The van der Waals surface area contributed by atoms with Crippen LogP contribution in [0.2, 0.25) is 0 Å². The van der Waals surface area contributed by atoms with E-state index < -0.39 is 0 Å². The molecule has 0 spiro atoms. The lowest BCUT2D eigenvalue weighted by molar-refractivity contribution is 0.292. The fraction of sp³-hybridized carbons (Fsp3) is 0.500. The average Bonchev–Trinajstić information content (AvgIpc) is 2.41. The molecule has 1 aromatic heterocycles. The van der Waals surface area contributed by atoms with Crippen molar-refractivity contribution in [1.82, 2.24) is 10.3 Å². The van der Waals surface area contributed by atoms with Crippen LogP contribution in [-0.4, -0.2) is 23.2 Å². The van der Waals surface area contributed by atoms with Crippen molar-refractivity contribution in [1.29, 1.82) is 0 Å². The maximum Gasteiger partial charge on any atom is 0.107 e. The molecule has 0 aliphatic rings. The van der Waals surface area contributed by atoms with E-state index in [1.807, 2.05) is 0 Å². The van der Waals surface area contributed by atoms with Gasteiger partial charge in [0.05, 0.1) is 12.0 Å². The Balaban J connectivity index is 2.15. The van der Waals surface area contributed by atoms with Gasteiger partial charge in [-0.1, -0.05) is 0 Å². The molecule has 2 N–H and O–H groups in total. The van der Waals surface area contributed by atoms with Crippen molar-refractivity contribution in [3.63, 3.8) is 0 Å². The van der Waals surface area contributed by atoms with Gasteiger partial charge in [0.25, 0.3) is 0 Å². The lowest BCUT2D eigenvalue weighted by atomic mass is 10.6. The number of nitrogens with zero attached hydrogens (tertiary/aromatic N) is 1. The molecule has 1 aromatic rings. The van der Waals surface area contributed by atoms with Crippen LogP contribution in [0, 0.1) is 5.38 Å². The highest BCUT2D eigenvalue weighted by molar-refractivity contribution is 7.09. The minimum absolute atomic E-state index is 0.176. The summed E-state index contributed by atoms with van der Waals surface area (Å²) in [5.41, 5.74) is 0. The molecule has 3 nitrogen and oxygen atoms in total. The normalized spacial score (nSPS) is 10.1. The van der Waals surface area contributed by atoms with E-state index in [9.17, 15) is 0 Å². The quantitative estimate of drug-likeness (QED) is 0.606. The Kier molecular flexibility index (Phi) is 3.35. The number of aliphatic hydroxyl groups excluding tert-OH is 1. The van der Waals surface area contributed by atoms with Gasteiger partial charge in [0, 0.05) is 19.3 Å². The first-order chi connectivity index (χ1) is 4.93. The molecule has 10 heavy (non-hydrogen) atoms. The van der Waals surface area contributed by atoms with Gasteiger partial charge in [-0.25, -0.2) is 4.98 Å². The van der Waals surface area contributed by atoms with Crippen LogP contribution in [0.1, 0.15) is 5.01 Å². The van der Waals surface area contributed by atoms with Gasteiger partial charge < -0.3 is 10.4 Å². The standard InChI is InChI=1S/C6H9N2OS/c9-3-1-7-5-6-8-2-4-10-6/h2,7,9H,1,3,5H2. The molecule has 4 heteroatoms. The zero-order valence-corrected chi connectivity index (χ0v) is 6.32. The van der Waals surface area contributed by atoms with Crippen LogP contribution in [0.25, 0.3) is 0 Å². The number of hydrogen-bond acceptors (Lipinski definition) is 4. The Morgan fingerprint density at radius 3 is 3.30 bits per heavy atom. The van der Waals surface area contributed by atoms with E-state index >= 15 is 0 Å². The number of thiazole rings is 1. The summed E-state index contributed by atoms with van der Waals surface area (Å²) < 4.78 is 0. The Morgan fingerprint density at radius 2 is 2.70 bits per heavy atom. The Bertz CT molecular complexity index is 164. The number of aromatic nitrogens is 1. The van der Waals surface area contributed by atoms with Crippen LogP contribution in [-0.2, 0) is 6.54 Å². The second-order valence-corrected chi connectivity index (χ2v) is 2.68. The summed E-state index contributed by atoms with van der Waals surface area (Å²) in [6.07, 6.45) is 1.65. The van der Waals surface area contributed by atoms with Gasteiger partial charge in [0.1, 0.15) is 5.01 Å². The molecule has 1 heterocycles. The first kappa shape index (κ1) is 7.65. The molecule has 0 aromatic carbocycles. The van der Waals surface area contributed by atoms with Gasteiger partial charge in [0.2, 0.25) is 0 Å². The molecule has 0 saturated carbocycles. The molecule has 0 unspecified atom stereocenters. The summed E-state index contributed by atoms with van der Waals surface area (Å²) in [4.78, 5) is 4.01. The molecular formula is C6H9N2OS. The maximum atomic E-state index is 8.41. The summed E-state index contributed by atoms with van der Waals surface area (Å²) in [5, 5.41) is 15.3. The fourth-order valence-corrected chi connectivity index (χ4v) is 1.10. The minimum Gasteiger partial charge on any atom is -0.395 e. The van der Waals surface area contributed by atoms with Crippen molar-refractivity contribution in [2.24, 2.45) is 0 Å². The van der Waals surface area contributed by atoms with Gasteiger partial charge >= 0.3 is 0 Å². The first-order valence-corrected chi connectivity index (χ1v) is 3.87. The highest BCUT2D eigenvalue weighted by Crippen LogP contribution is 2.00. The van der Waals surface area contributed by atoms with Crippen LogP contribution in [0.3, 0.4) is 0 Å². The Labute approximate surface area is 63.7 Å². The SMILES string of the molecule is OCCNCc1nc[c]s1. The second-order valence-electron chi connectivity index (χ2n) is 1.77. The van der Waals surface area contributed by atoms with E-state index in [0.29, 0.717) is 6.54 Å². The van der Waals surface area contributed by atoms with E-state index in [1.165, 1.54) is 11.3 Å². The van der Waals surface area contributed by atoms with Crippen molar-refractivity contribution in [3.8, 4) is 0 Å². The first-order valence-electron chi connectivity index (χ1n) is 3.06. The third-order valence-corrected chi connectivity index (χ3v) is 1.71. The summed E-state index contributed by atoms with van der Waals surface area (Å²) in [6, 6.07) is 0. The largest absolute Gasteiger partial charge is 0.395 e. The third kappa shape index (κ3) is 2.43. The van der Waals surface area contributed by atoms with E-state index in [4.69, 9.17) is 5.11 Å².